The molecule has 0 radical (unpaired) electrons. The number of hydrogen-bond acceptors (Lipinski definition) is 2. The lowest BCUT2D eigenvalue weighted by molar-refractivity contribution is -0.104. The fourth-order valence-electron chi connectivity index (χ4n) is 0.928. The minimum atomic E-state index is 0.726. The van der Waals surface area contributed by atoms with Crippen LogP contribution < -0.4 is 0 Å². The summed E-state index contributed by atoms with van der Waals surface area (Å²) in [5, 5.41) is 8.22. The molecule has 0 atom stereocenters. The largest absolute Gasteiger partial charge is 0.299 e. The smallest absolute Gasteiger partial charge is 0.152 e. The lowest BCUT2D eigenvalue weighted by Gasteiger charge is -1.92. The van der Waals surface area contributed by atoms with Gasteiger partial charge >= 0.3 is 0 Å². The summed E-state index contributed by atoms with van der Waals surface area (Å²) in [4.78, 5) is 10.0. The molecule has 0 fully saturated rings. The van der Waals surface area contributed by atoms with Crippen LogP contribution in [-0.4, -0.2) is 6.29 Å². The summed E-state index contributed by atoms with van der Waals surface area (Å²) >= 11 is 0. The summed E-state index contributed by atoms with van der Waals surface area (Å²) in [7, 11) is 0. The van der Waals surface area contributed by atoms with E-state index in [1.54, 1.807) is 24.3 Å². The second kappa shape index (κ2) is 5.35. The van der Waals surface area contributed by atoms with E-state index in [4.69, 9.17) is 5.26 Å². The fourth-order valence-corrected chi connectivity index (χ4v) is 0.928. The lowest BCUT2D eigenvalue weighted by atomic mass is 10.1. The van der Waals surface area contributed by atoms with Gasteiger partial charge in [-0.05, 0) is 23.8 Å². The molecule has 66 valence electrons. The van der Waals surface area contributed by atoms with Gasteiger partial charge in [0.05, 0.1) is 0 Å². The molecule has 1 aromatic carbocycles. The van der Waals surface area contributed by atoms with Crippen molar-refractivity contribution in [2.45, 2.75) is 0 Å². The van der Waals surface area contributed by atoms with Crippen LogP contribution in [0.2, 0.25) is 0 Å². The summed E-state index contributed by atoms with van der Waals surface area (Å²) in [5.74, 6) is 4.98. The highest BCUT2D eigenvalue weighted by atomic mass is 16.1. The maximum Gasteiger partial charge on any atom is 0.152 e. The van der Waals surface area contributed by atoms with Crippen molar-refractivity contribution in [1.82, 2.24) is 0 Å². The Balaban J connectivity index is 2.84. The molecule has 2 nitrogen and oxygen atoms in total. The maximum atomic E-state index is 10.0. The van der Waals surface area contributed by atoms with Gasteiger partial charge in [-0.15, -0.1) is 0 Å². The quantitative estimate of drug-likeness (QED) is 0.396. The Kier molecular flexibility index (Phi) is 3.73. The van der Waals surface area contributed by atoms with Gasteiger partial charge in [-0.2, -0.15) is 5.26 Å². The van der Waals surface area contributed by atoms with Crippen LogP contribution in [0.25, 0.3) is 6.08 Å². The van der Waals surface area contributed by atoms with Crippen molar-refractivity contribution >= 4 is 12.4 Å². The molecule has 0 aliphatic carbocycles. The highest BCUT2D eigenvalue weighted by molar-refractivity contribution is 5.73. The molecule has 0 heterocycles. The highest BCUT2D eigenvalue weighted by Crippen LogP contribution is 2.04. The highest BCUT2D eigenvalue weighted by Gasteiger charge is 1.87. The molecule has 14 heavy (non-hydrogen) atoms. The molecule has 0 aliphatic rings. The van der Waals surface area contributed by atoms with Gasteiger partial charge in [-0.25, -0.2) is 0 Å². The zero-order chi connectivity index (χ0) is 10.2. The van der Waals surface area contributed by atoms with Crippen LogP contribution in [-0.2, 0) is 4.79 Å². The third-order valence-electron chi connectivity index (χ3n) is 1.54. The number of aldehydes is 1. The van der Waals surface area contributed by atoms with Gasteiger partial charge in [0.2, 0.25) is 0 Å². The van der Waals surface area contributed by atoms with Crippen molar-refractivity contribution in [3.63, 3.8) is 0 Å². The standard InChI is InChI=1S/C12H7NO/c13-9-1-3-11-5-7-12(8-6-11)4-2-10-14/h2,4-8,10H/b4-2+. The van der Waals surface area contributed by atoms with Gasteiger partial charge in [0.15, 0.2) is 6.07 Å². The van der Waals surface area contributed by atoms with Crippen molar-refractivity contribution in [2.75, 3.05) is 0 Å². The Bertz CT molecular complexity index is 438. The molecule has 0 bridgehead atoms. The topological polar surface area (TPSA) is 40.9 Å². The number of nitrogens with zero attached hydrogens (tertiary/aromatic N) is 1. The molecule has 1 rings (SSSR count). The van der Waals surface area contributed by atoms with Gasteiger partial charge < -0.3 is 0 Å². The summed E-state index contributed by atoms with van der Waals surface area (Å²) in [6, 6.07) is 9.01. The average molecular weight is 181 g/mol. The van der Waals surface area contributed by atoms with Crippen LogP contribution >= 0.6 is 0 Å². The van der Waals surface area contributed by atoms with Crippen LogP contribution in [0.5, 0.6) is 0 Å². The molecular formula is C12H7NO. The number of carbonyl (C=O) groups is 1. The van der Waals surface area contributed by atoms with Crippen LogP contribution in [0.1, 0.15) is 11.1 Å². The monoisotopic (exact) mass is 181 g/mol. The number of hydrogen-bond donors (Lipinski definition) is 0. The molecule has 0 aliphatic heterocycles. The summed E-state index contributed by atoms with van der Waals surface area (Å²) < 4.78 is 0. The van der Waals surface area contributed by atoms with Crippen molar-refractivity contribution in [3.05, 3.63) is 41.5 Å². The van der Waals surface area contributed by atoms with Crippen LogP contribution in [0.3, 0.4) is 0 Å². The minimum Gasteiger partial charge on any atom is -0.299 e. The molecule has 0 amide bonds. The lowest BCUT2D eigenvalue weighted by Crippen LogP contribution is -1.75. The second-order valence-electron chi connectivity index (χ2n) is 2.48. The zero-order valence-electron chi connectivity index (χ0n) is 7.40. The third kappa shape index (κ3) is 2.97. The molecule has 0 unspecified atom stereocenters. The first-order valence-corrected chi connectivity index (χ1v) is 3.99. The average Bonchev–Trinajstić information content (AvgIpc) is 2.25. The van der Waals surface area contributed by atoms with Gasteiger partial charge in [-0.1, -0.05) is 24.1 Å². The SMILES string of the molecule is N#CC#Cc1ccc(/C=C/C=O)cc1. The fraction of sp³-hybridized carbons (Fsp3) is 0. The maximum absolute atomic E-state index is 10.0. The molecule has 0 aromatic heterocycles. The van der Waals surface area contributed by atoms with Gasteiger partial charge in [0, 0.05) is 11.5 Å². The minimum absolute atomic E-state index is 0.726. The molecule has 0 saturated carbocycles. The molecule has 1 aromatic rings. The first-order chi connectivity index (χ1) is 6.86. The van der Waals surface area contributed by atoms with E-state index in [9.17, 15) is 4.79 Å². The summed E-state index contributed by atoms with van der Waals surface area (Å²) in [6.07, 6.45) is 3.86. The van der Waals surface area contributed by atoms with E-state index < -0.39 is 0 Å². The van der Waals surface area contributed by atoms with E-state index in [1.165, 1.54) is 6.08 Å². The number of allylic oxidation sites excluding steroid dienone is 1. The van der Waals surface area contributed by atoms with Crippen molar-refractivity contribution in [2.24, 2.45) is 0 Å². The van der Waals surface area contributed by atoms with Crippen molar-refractivity contribution in [1.29, 1.82) is 5.26 Å². The van der Waals surface area contributed by atoms with E-state index in [0.717, 1.165) is 17.4 Å². The second-order valence-corrected chi connectivity index (χ2v) is 2.48. The van der Waals surface area contributed by atoms with Crippen molar-refractivity contribution in [3.8, 4) is 17.9 Å². The molecule has 0 N–H and O–H groups in total. The van der Waals surface area contributed by atoms with E-state index in [1.807, 2.05) is 12.1 Å². The summed E-state index contributed by atoms with van der Waals surface area (Å²) in [5.41, 5.74) is 1.72. The normalized spacial score (nSPS) is 8.79. The molecule has 0 spiro atoms. The Morgan fingerprint density at radius 1 is 1.21 bits per heavy atom. The first-order valence-electron chi connectivity index (χ1n) is 3.99. The number of rotatable bonds is 2. The van der Waals surface area contributed by atoms with E-state index in [-0.39, 0.29) is 0 Å². The molecular weight excluding hydrogens is 174 g/mol. The Hall–Kier alpha value is -2.32. The Labute approximate surface area is 82.5 Å². The van der Waals surface area contributed by atoms with E-state index in [0.29, 0.717) is 0 Å². The van der Waals surface area contributed by atoms with Crippen molar-refractivity contribution < 1.29 is 4.79 Å². The Morgan fingerprint density at radius 3 is 2.50 bits per heavy atom. The predicted molar refractivity (Wildman–Crippen MR) is 54.0 cm³/mol. The first kappa shape index (κ1) is 9.77. The van der Waals surface area contributed by atoms with Crippen LogP contribution in [0.4, 0.5) is 0 Å². The predicted octanol–water partition coefficient (Wildman–Crippen LogP) is 1.77. The summed E-state index contributed by atoms with van der Waals surface area (Å²) in [6.45, 7) is 0. The number of nitriles is 1. The van der Waals surface area contributed by atoms with Crippen LogP contribution in [0.15, 0.2) is 30.3 Å². The molecule has 0 saturated heterocycles. The number of carbonyl (C=O) groups excluding carboxylic acids is 1. The van der Waals surface area contributed by atoms with Gasteiger partial charge in [0.1, 0.15) is 6.29 Å². The van der Waals surface area contributed by atoms with E-state index >= 15 is 0 Å². The molecule has 2 heteroatoms. The zero-order valence-corrected chi connectivity index (χ0v) is 7.40. The Morgan fingerprint density at radius 2 is 1.93 bits per heavy atom. The van der Waals surface area contributed by atoms with Gasteiger partial charge in [-0.3, -0.25) is 4.79 Å². The number of benzene rings is 1. The van der Waals surface area contributed by atoms with E-state index in [2.05, 4.69) is 11.8 Å². The van der Waals surface area contributed by atoms with Gasteiger partial charge in [0.25, 0.3) is 0 Å². The third-order valence-corrected chi connectivity index (χ3v) is 1.54. The van der Waals surface area contributed by atoms with Crippen LogP contribution in [0, 0.1) is 23.2 Å².